The van der Waals surface area contributed by atoms with E-state index in [4.69, 9.17) is 16.3 Å². The number of carbonyl (C=O) groups excluding carboxylic acids is 1. The van der Waals surface area contributed by atoms with Crippen molar-refractivity contribution in [2.24, 2.45) is 0 Å². The maximum Gasteiger partial charge on any atom is 0.260 e. The monoisotopic (exact) mass is 358 g/mol. The Morgan fingerprint density at radius 2 is 1.72 bits per heavy atom. The minimum Gasteiger partial charge on any atom is -0.484 e. The SMILES string of the molecule is Cc1ccc(OCC(=O)N2CCN(c3cccc(Cl)c3C)CC2)cc1. The van der Waals surface area contributed by atoms with Crippen molar-refractivity contribution in [1.29, 1.82) is 0 Å². The number of ether oxygens (including phenoxy) is 1. The highest BCUT2D eigenvalue weighted by atomic mass is 35.5. The van der Waals surface area contributed by atoms with Crippen LogP contribution in [-0.4, -0.2) is 43.6 Å². The Kier molecular flexibility index (Phi) is 5.49. The van der Waals surface area contributed by atoms with E-state index in [9.17, 15) is 4.79 Å². The predicted octanol–water partition coefficient (Wildman–Crippen LogP) is 3.68. The van der Waals surface area contributed by atoms with Gasteiger partial charge in [0.15, 0.2) is 6.61 Å². The fraction of sp³-hybridized carbons (Fsp3) is 0.350. The number of halogens is 1. The number of piperazine rings is 1. The molecule has 1 amide bonds. The summed E-state index contributed by atoms with van der Waals surface area (Å²) in [5.41, 5.74) is 3.41. The zero-order valence-electron chi connectivity index (χ0n) is 14.7. The molecule has 25 heavy (non-hydrogen) atoms. The van der Waals surface area contributed by atoms with Crippen LogP contribution in [0.4, 0.5) is 5.69 Å². The fourth-order valence-electron chi connectivity index (χ4n) is 3.01. The van der Waals surface area contributed by atoms with Crippen molar-refractivity contribution in [3.05, 3.63) is 58.6 Å². The second kappa shape index (κ2) is 7.79. The second-order valence-electron chi connectivity index (χ2n) is 6.35. The normalized spacial score (nSPS) is 14.5. The largest absolute Gasteiger partial charge is 0.484 e. The Hall–Kier alpha value is -2.20. The molecule has 2 aromatic rings. The lowest BCUT2D eigenvalue weighted by Crippen LogP contribution is -2.50. The molecule has 0 aromatic heterocycles. The molecular formula is C20H23ClN2O2. The van der Waals surface area contributed by atoms with Crippen molar-refractivity contribution in [3.63, 3.8) is 0 Å². The van der Waals surface area contributed by atoms with Crippen LogP contribution in [0.1, 0.15) is 11.1 Å². The summed E-state index contributed by atoms with van der Waals surface area (Å²) >= 11 is 6.21. The Morgan fingerprint density at radius 1 is 1.04 bits per heavy atom. The van der Waals surface area contributed by atoms with E-state index in [2.05, 4.69) is 11.0 Å². The zero-order valence-corrected chi connectivity index (χ0v) is 15.4. The number of amides is 1. The highest BCUT2D eigenvalue weighted by molar-refractivity contribution is 6.31. The maximum absolute atomic E-state index is 12.4. The van der Waals surface area contributed by atoms with Gasteiger partial charge in [0.2, 0.25) is 0 Å². The van der Waals surface area contributed by atoms with E-state index in [0.29, 0.717) is 13.1 Å². The number of anilines is 1. The van der Waals surface area contributed by atoms with Gasteiger partial charge < -0.3 is 14.5 Å². The average Bonchev–Trinajstić information content (AvgIpc) is 2.63. The van der Waals surface area contributed by atoms with Gasteiger partial charge >= 0.3 is 0 Å². The van der Waals surface area contributed by atoms with Gasteiger partial charge in [-0.15, -0.1) is 0 Å². The molecule has 1 saturated heterocycles. The molecule has 132 valence electrons. The molecule has 3 rings (SSSR count). The Balaban J connectivity index is 1.52. The quantitative estimate of drug-likeness (QED) is 0.835. The molecule has 1 aliphatic heterocycles. The summed E-state index contributed by atoms with van der Waals surface area (Å²) in [4.78, 5) is 16.5. The van der Waals surface area contributed by atoms with Crippen molar-refractivity contribution < 1.29 is 9.53 Å². The summed E-state index contributed by atoms with van der Waals surface area (Å²) in [7, 11) is 0. The summed E-state index contributed by atoms with van der Waals surface area (Å²) in [6, 6.07) is 13.7. The molecule has 1 aliphatic rings. The third-order valence-corrected chi connectivity index (χ3v) is 5.00. The number of aryl methyl sites for hydroxylation is 1. The van der Waals surface area contributed by atoms with Crippen LogP contribution in [0.2, 0.25) is 5.02 Å². The number of carbonyl (C=O) groups is 1. The van der Waals surface area contributed by atoms with E-state index in [1.165, 1.54) is 5.56 Å². The lowest BCUT2D eigenvalue weighted by molar-refractivity contribution is -0.133. The Morgan fingerprint density at radius 3 is 2.40 bits per heavy atom. The Labute approximate surface area is 154 Å². The standard InChI is InChI=1S/C20H23ClN2O2/c1-15-6-8-17(9-7-15)25-14-20(24)23-12-10-22(11-13-23)19-5-3-4-18(21)16(19)2/h3-9H,10-14H2,1-2H3. The summed E-state index contributed by atoms with van der Waals surface area (Å²) in [6.07, 6.45) is 0. The minimum atomic E-state index is 0.0306. The van der Waals surface area contributed by atoms with Gasteiger partial charge in [0.05, 0.1) is 0 Å². The van der Waals surface area contributed by atoms with Crippen LogP contribution >= 0.6 is 11.6 Å². The first-order chi connectivity index (χ1) is 12.0. The molecular weight excluding hydrogens is 336 g/mol. The molecule has 0 aliphatic carbocycles. The van der Waals surface area contributed by atoms with Crippen molar-refractivity contribution in [1.82, 2.24) is 4.90 Å². The number of hydrogen-bond donors (Lipinski definition) is 0. The third kappa shape index (κ3) is 4.26. The number of benzene rings is 2. The molecule has 0 atom stereocenters. The fourth-order valence-corrected chi connectivity index (χ4v) is 3.18. The predicted molar refractivity (Wildman–Crippen MR) is 102 cm³/mol. The first-order valence-electron chi connectivity index (χ1n) is 8.52. The summed E-state index contributed by atoms with van der Waals surface area (Å²) < 4.78 is 5.60. The number of rotatable bonds is 4. The van der Waals surface area contributed by atoms with Crippen molar-refractivity contribution in [3.8, 4) is 5.75 Å². The molecule has 5 heteroatoms. The molecule has 0 spiro atoms. The summed E-state index contributed by atoms with van der Waals surface area (Å²) in [5.74, 6) is 0.759. The van der Waals surface area contributed by atoms with Gasteiger partial charge in [0.25, 0.3) is 5.91 Å². The third-order valence-electron chi connectivity index (χ3n) is 4.60. The summed E-state index contributed by atoms with van der Waals surface area (Å²) in [5, 5.41) is 0.780. The van der Waals surface area contributed by atoms with Crippen LogP contribution in [-0.2, 0) is 4.79 Å². The molecule has 0 N–H and O–H groups in total. The van der Waals surface area contributed by atoms with Crippen LogP contribution in [0, 0.1) is 13.8 Å². The summed E-state index contributed by atoms with van der Waals surface area (Å²) in [6.45, 7) is 7.14. The number of nitrogens with zero attached hydrogens (tertiary/aromatic N) is 2. The molecule has 1 fully saturated rings. The van der Waals surface area contributed by atoms with Crippen LogP contribution in [0.3, 0.4) is 0 Å². The molecule has 0 unspecified atom stereocenters. The van der Waals surface area contributed by atoms with Crippen LogP contribution in [0.5, 0.6) is 5.75 Å². The highest BCUT2D eigenvalue weighted by Gasteiger charge is 2.22. The van der Waals surface area contributed by atoms with Gasteiger partial charge in [-0.1, -0.05) is 35.4 Å². The van der Waals surface area contributed by atoms with Gasteiger partial charge in [-0.2, -0.15) is 0 Å². The number of hydrogen-bond acceptors (Lipinski definition) is 3. The molecule has 0 saturated carbocycles. The smallest absolute Gasteiger partial charge is 0.260 e. The van der Waals surface area contributed by atoms with E-state index in [1.54, 1.807) is 0 Å². The molecule has 2 aromatic carbocycles. The van der Waals surface area contributed by atoms with E-state index < -0.39 is 0 Å². The molecule has 1 heterocycles. The van der Waals surface area contributed by atoms with E-state index >= 15 is 0 Å². The van der Waals surface area contributed by atoms with Crippen LogP contribution < -0.4 is 9.64 Å². The van der Waals surface area contributed by atoms with Crippen molar-refractivity contribution >= 4 is 23.2 Å². The van der Waals surface area contributed by atoms with E-state index in [1.807, 2.05) is 55.1 Å². The Bertz CT molecular complexity index is 738. The van der Waals surface area contributed by atoms with Gasteiger partial charge in [-0.3, -0.25) is 4.79 Å². The second-order valence-corrected chi connectivity index (χ2v) is 6.76. The molecule has 0 bridgehead atoms. The van der Waals surface area contributed by atoms with E-state index in [0.717, 1.165) is 35.1 Å². The van der Waals surface area contributed by atoms with Crippen molar-refractivity contribution in [2.45, 2.75) is 13.8 Å². The first-order valence-corrected chi connectivity index (χ1v) is 8.89. The van der Waals surface area contributed by atoms with Crippen LogP contribution in [0.25, 0.3) is 0 Å². The average molecular weight is 359 g/mol. The highest BCUT2D eigenvalue weighted by Crippen LogP contribution is 2.27. The van der Waals surface area contributed by atoms with Crippen LogP contribution in [0.15, 0.2) is 42.5 Å². The van der Waals surface area contributed by atoms with E-state index in [-0.39, 0.29) is 12.5 Å². The molecule has 0 radical (unpaired) electrons. The molecule has 4 nitrogen and oxygen atoms in total. The maximum atomic E-state index is 12.4. The minimum absolute atomic E-state index is 0.0306. The zero-order chi connectivity index (χ0) is 17.8. The van der Waals surface area contributed by atoms with Gasteiger partial charge in [0.1, 0.15) is 5.75 Å². The van der Waals surface area contributed by atoms with Gasteiger partial charge in [-0.05, 0) is 43.7 Å². The van der Waals surface area contributed by atoms with Crippen molar-refractivity contribution in [2.75, 3.05) is 37.7 Å². The topological polar surface area (TPSA) is 32.8 Å². The van der Waals surface area contributed by atoms with Gasteiger partial charge in [-0.25, -0.2) is 0 Å². The first kappa shape index (κ1) is 17.6. The lowest BCUT2D eigenvalue weighted by Gasteiger charge is -2.36. The lowest BCUT2D eigenvalue weighted by atomic mass is 10.1. The van der Waals surface area contributed by atoms with Gasteiger partial charge in [0, 0.05) is 36.9 Å².